The molecule has 0 unspecified atom stereocenters. The van der Waals surface area contributed by atoms with Crippen molar-refractivity contribution in [2.75, 3.05) is 18.8 Å². The maximum Gasteiger partial charge on any atom is 0.0914 e. The number of nitrogen functional groups attached to an aromatic ring is 1. The minimum Gasteiger partial charge on any atom is -0.399 e. The van der Waals surface area contributed by atoms with Crippen LogP contribution in [0.25, 0.3) is 0 Å². The molecule has 0 fully saturated rings. The van der Waals surface area contributed by atoms with E-state index >= 15 is 0 Å². The summed E-state index contributed by atoms with van der Waals surface area (Å²) in [6.07, 6.45) is -0.444. The van der Waals surface area contributed by atoms with Crippen molar-refractivity contribution in [2.24, 2.45) is 0 Å². The number of anilines is 1. The first-order valence-corrected chi connectivity index (χ1v) is 4.48. The van der Waals surface area contributed by atoms with E-state index < -0.39 is 6.10 Å². The standard InChI is InChI=1S/C10H16N2O/c1-2-12-7-10(13)8-3-5-9(11)6-4-8/h3-6,10,12-13H,2,7,11H2,1H3/t10-/m1/s1. The highest BCUT2D eigenvalue weighted by Gasteiger charge is 2.04. The highest BCUT2D eigenvalue weighted by atomic mass is 16.3. The first-order valence-electron chi connectivity index (χ1n) is 4.48. The van der Waals surface area contributed by atoms with Crippen molar-refractivity contribution < 1.29 is 5.11 Å². The Morgan fingerprint density at radius 2 is 2.00 bits per heavy atom. The summed E-state index contributed by atoms with van der Waals surface area (Å²) in [7, 11) is 0. The maximum absolute atomic E-state index is 9.64. The van der Waals surface area contributed by atoms with Crippen molar-refractivity contribution in [1.29, 1.82) is 0 Å². The largest absolute Gasteiger partial charge is 0.399 e. The van der Waals surface area contributed by atoms with E-state index in [0.717, 1.165) is 17.8 Å². The Morgan fingerprint density at radius 1 is 1.38 bits per heavy atom. The predicted octanol–water partition coefficient (Wildman–Crippen LogP) is 0.912. The molecule has 13 heavy (non-hydrogen) atoms. The SMILES string of the molecule is CCNC[C@@H](O)c1ccc(N)cc1. The van der Waals surface area contributed by atoms with Crippen LogP contribution in [0.5, 0.6) is 0 Å². The van der Waals surface area contributed by atoms with E-state index in [0.29, 0.717) is 6.54 Å². The van der Waals surface area contributed by atoms with Gasteiger partial charge in [-0.1, -0.05) is 19.1 Å². The number of nitrogens with two attached hydrogens (primary N) is 1. The van der Waals surface area contributed by atoms with Gasteiger partial charge in [0.1, 0.15) is 0 Å². The van der Waals surface area contributed by atoms with Crippen LogP contribution in [0.2, 0.25) is 0 Å². The molecule has 1 atom stereocenters. The van der Waals surface area contributed by atoms with E-state index in [-0.39, 0.29) is 0 Å². The zero-order valence-electron chi connectivity index (χ0n) is 7.83. The van der Waals surface area contributed by atoms with Gasteiger partial charge in [-0.2, -0.15) is 0 Å². The second-order valence-electron chi connectivity index (χ2n) is 2.99. The zero-order chi connectivity index (χ0) is 9.68. The molecule has 0 amide bonds. The van der Waals surface area contributed by atoms with Crippen molar-refractivity contribution >= 4 is 5.69 Å². The van der Waals surface area contributed by atoms with Crippen LogP contribution >= 0.6 is 0 Å². The molecule has 0 saturated heterocycles. The summed E-state index contributed by atoms with van der Waals surface area (Å²) in [4.78, 5) is 0. The third kappa shape index (κ3) is 3.05. The number of aliphatic hydroxyl groups excluding tert-OH is 1. The van der Waals surface area contributed by atoms with Crippen LogP contribution in [-0.2, 0) is 0 Å². The lowest BCUT2D eigenvalue weighted by Crippen LogP contribution is -2.20. The lowest BCUT2D eigenvalue weighted by Gasteiger charge is -2.11. The van der Waals surface area contributed by atoms with Crippen LogP contribution in [0.3, 0.4) is 0 Å². The van der Waals surface area contributed by atoms with Gasteiger partial charge in [0, 0.05) is 12.2 Å². The van der Waals surface area contributed by atoms with Crippen LogP contribution in [0, 0.1) is 0 Å². The number of likely N-dealkylation sites (N-methyl/N-ethyl adjacent to an activating group) is 1. The third-order valence-corrected chi connectivity index (χ3v) is 1.91. The number of nitrogens with one attached hydrogen (secondary N) is 1. The molecule has 72 valence electrons. The van der Waals surface area contributed by atoms with Gasteiger partial charge in [-0.3, -0.25) is 0 Å². The smallest absolute Gasteiger partial charge is 0.0914 e. The summed E-state index contributed by atoms with van der Waals surface area (Å²) in [5, 5.41) is 12.7. The molecule has 4 N–H and O–H groups in total. The molecule has 0 aromatic heterocycles. The van der Waals surface area contributed by atoms with Gasteiger partial charge in [-0.05, 0) is 24.2 Å². The molecule has 0 heterocycles. The molecule has 0 saturated carbocycles. The van der Waals surface area contributed by atoms with Gasteiger partial charge in [0.15, 0.2) is 0 Å². The van der Waals surface area contributed by atoms with E-state index in [1.54, 1.807) is 12.1 Å². The topological polar surface area (TPSA) is 58.3 Å². The summed E-state index contributed by atoms with van der Waals surface area (Å²) < 4.78 is 0. The fourth-order valence-corrected chi connectivity index (χ4v) is 1.12. The van der Waals surface area contributed by atoms with E-state index in [1.807, 2.05) is 19.1 Å². The number of aliphatic hydroxyl groups is 1. The van der Waals surface area contributed by atoms with Crippen molar-refractivity contribution in [1.82, 2.24) is 5.32 Å². The fraction of sp³-hybridized carbons (Fsp3) is 0.400. The Morgan fingerprint density at radius 3 is 2.54 bits per heavy atom. The molecule has 0 radical (unpaired) electrons. The van der Waals surface area contributed by atoms with Crippen LogP contribution in [0.15, 0.2) is 24.3 Å². The highest BCUT2D eigenvalue weighted by Crippen LogP contribution is 2.13. The van der Waals surface area contributed by atoms with Crippen LogP contribution in [0.1, 0.15) is 18.6 Å². The Hall–Kier alpha value is -1.06. The highest BCUT2D eigenvalue weighted by molar-refractivity contribution is 5.39. The molecule has 0 spiro atoms. The summed E-state index contributed by atoms with van der Waals surface area (Å²) >= 11 is 0. The summed E-state index contributed by atoms with van der Waals surface area (Å²) in [6, 6.07) is 7.28. The van der Waals surface area contributed by atoms with Crippen LogP contribution in [-0.4, -0.2) is 18.2 Å². The molecule has 3 heteroatoms. The predicted molar refractivity (Wildman–Crippen MR) is 54.4 cm³/mol. The Kier molecular flexibility index (Phi) is 3.73. The number of benzene rings is 1. The summed E-state index contributed by atoms with van der Waals surface area (Å²) in [5.74, 6) is 0. The molecule has 3 nitrogen and oxygen atoms in total. The second kappa shape index (κ2) is 4.84. The van der Waals surface area contributed by atoms with E-state index in [1.165, 1.54) is 0 Å². The first kappa shape index (κ1) is 10.0. The summed E-state index contributed by atoms with van der Waals surface area (Å²) in [5.41, 5.74) is 7.15. The minimum absolute atomic E-state index is 0.444. The molecule has 1 aromatic rings. The van der Waals surface area contributed by atoms with Gasteiger partial charge in [-0.15, -0.1) is 0 Å². The van der Waals surface area contributed by atoms with Gasteiger partial charge in [0.05, 0.1) is 6.10 Å². The number of hydrogen-bond donors (Lipinski definition) is 3. The van der Waals surface area contributed by atoms with E-state index in [2.05, 4.69) is 5.32 Å². The monoisotopic (exact) mass is 180 g/mol. The molecular formula is C10H16N2O. The van der Waals surface area contributed by atoms with Gasteiger partial charge in [0.2, 0.25) is 0 Å². The van der Waals surface area contributed by atoms with Gasteiger partial charge < -0.3 is 16.2 Å². The van der Waals surface area contributed by atoms with E-state index in [9.17, 15) is 5.11 Å². The molecule has 0 aliphatic heterocycles. The molecule has 0 aliphatic carbocycles. The van der Waals surface area contributed by atoms with Gasteiger partial charge in [-0.25, -0.2) is 0 Å². The van der Waals surface area contributed by atoms with Crippen LogP contribution in [0.4, 0.5) is 5.69 Å². The normalized spacial score (nSPS) is 12.8. The Labute approximate surface area is 78.6 Å². The lowest BCUT2D eigenvalue weighted by molar-refractivity contribution is 0.175. The molecule has 0 aliphatic rings. The first-order chi connectivity index (χ1) is 6.24. The third-order valence-electron chi connectivity index (χ3n) is 1.91. The van der Waals surface area contributed by atoms with Gasteiger partial charge >= 0.3 is 0 Å². The maximum atomic E-state index is 9.64. The molecule has 0 bridgehead atoms. The zero-order valence-corrected chi connectivity index (χ0v) is 7.83. The Balaban J connectivity index is 2.55. The lowest BCUT2D eigenvalue weighted by atomic mass is 10.1. The van der Waals surface area contributed by atoms with E-state index in [4.69, 9.17) is 5.73 Å². The quantitative estimate of drug-likeness (QED) is 0.604. The van der Waals surface area contributed by atoms with Gasteiger partial charge in [0.25, 0.3) is 0 Å². The fourth-order valence-electron chi connectivity index (χ4n) is 1.12. The minimum atomic E-state index is -0.444. The average molecular weight is 180 g/mol. The average Bonchev–Trinajstić information content (AvgIpc) is 2.15. The van der Waals surface area contributed by atoms with Crippen molar-refractivity contribution in [3.63, 3.8) is 0 Å². The molecule has 1 aromatic carbocycles. The number of rotatable bonds is 4. The van der Waals surface area contributed by atoms with Crippen molar-refractivity contribution in [3.8, 4) is 0 Å². The Bertz CT molecular complexity index is 246. The van der Waals surface area contributed by atoms with Crippen molar-refractivity contribution in [3.05, 3.63) is 29.8 Å². The van der Waals surface area contributed by atoms with Crippen LogP contribution < -0.4 is 11.1 Å². The second-order valence-corrected chi connectivity index (χ2v) is 2.99. The molecule has 1 rings (SSSR count). The number of hydrogen-bond acceptors (Lipinski definition) is 3. The van der Waals surface area contributed by atoms with Crippen molar-refractivity contribution in [2.45, 2.75) is 13.0 Å². The summed E-state index contributed by atoms with van der Waals surface area (Å²) in [6.45, 7) is 3.46. The molecular weight excluding hydrogens is 164 g/mol.